The summed E-state index contributed by atoms with van der Waals surface area (Å²) in [5.74, 6) is 1.58. The van der Waals surface area contributed by atoms with Crippen molar-refractivity contribution in [3.8, 4) is 11.5 Å². The fourth-order valence-corrected chi connectivity index (χ4v) is 2.03. The maximum absolute atomic E-state index is 5.53. The van der Waals surface area contributed by atoms with Gasteiger partial charge in [0.05, 0.1) is 0 Å². The fourth-order valence-electron chi connectivity index (χ4n) is 1.18. The monoisotopic (exact) mass is 235 g/mol. The van der Waals surface area contributed by atoms with E-state index in [1.807, 2.05) is 12.1 Å². The molecule has 84 valence electrons. The van der Waals surface area contributed by atoms with Gasteiger partial charge in [-0.15, -0.1) is 10.2 Å². The number of thioether (sulfide) groups is 1. The molecule has 0 atom stereocenters. The van der Waals surface area contributed by atoms with E-state index in [4.69, 9.17) is 4.42 Å². The Bertz CT molecular complexity index is 430. The zero-order valence-corrected chi connectivity index (χ0v) is 9.91. The van der Waals surface area contributed by atoms with Crippen LogP contribution in [0.25, 0.3) is 11.5 Å². The van der Waals surface area contributed by atoms with Crippen LogP contribution in [0.2, 0.25) is 0 Å². The zero-order valence-electron chi connectivity index (χ0n) is 9.09. The van der Waals surface area contributed by atoms with E-state index in [-0.39, 0.29) is 0 Å². The van der Waals surface area contributed by atoms with Crippen molar-refractivity contribution in [2.24, 2.45) is 0 Å². The van der Waals surface area contributed by atoms with Gasteiger partial charge < -0.3 is 4.42 Å². The highest BCUT2D eigenvalue weighted by Crippen LogP contribution is 2.22. The van der Waals surface area contributed by atoms with Crippen LogP contribution in [-0.2, 0) is 0 Å². The van der Waals surface area contributed by atoms with Crippen molar-refractivity contribution >= 4 is 11.8 Å². The standard InChI is InChI=1S/C11H13N3OS/c1-2-3-8-16-11-14-13-10(15-11)9-4-6-12-7-5-9/h4-7H,2-3,8H2,1H3. The Hall–Kier alpha value is -1.36. The average Bonchev–Trinajstić information content (AvgIpc) is 2.79. The number of aromatic nitrogens is 3. The van der Waals surface area contributed by atoms with Gasteiger partial charge in [-0.1, -0.05) is 25.1 Å². The molecule has 2 rings (SSSR count). The summed E-state index contributed by atoms with van der Waals surface area (Å²) in [6.45, 7) is 2.16. The molecule has 0 aliphatic heterocycles. The van der Waals surface area contributed by atoms with Gasteiger partial charge >= 0.3 is 0 Å². The molecule has 0 N–H and O–H groups in total. The largest absolute Gasteiger partial charge is 0.411 e. The molecule has 0 spiro atoms. The molecule has 0 saturated carbocycles. The second kappa shape index (κ2) is 5.65. The van der Waals surface area contributed by atoms with Gasteiger partial charge in [0.15, 0.2) is 0 Å². The minimum atomic E-state index is 0.557. The van der Waals surface area contributed by atoms with Crippen molar-refractivity contribution in [1.82, 2.24) is 15.2 Å². The summed E-state index contributed by atoms with van der Waals surface area (Å²) in [4.78, 5) is 3.94. The van der Waals surface area contributed by atoms with Crippen molar-refractivity contribution in [3.05, 3.63) is 24.5 Å². The maximum Gasteiger partial charge on any atom is 0.276 e. The molecule has 2 aromatic heterocycles. The number of unbranched alkanes of at least 4 members (excludes halogenated alkanes) is 1. The fraction of sp³-hybridized carbons (Fsp3) is 0.364. The molecule has 0 unspecified atom stereocenters. The molecule has 0 bridgehead atoms. The van der Waals surface area contributed by atoms with E-state index in [0.717, 1.165) is 17.7 Å². The molecule has 0 saturated heterocycles. The summed E-state index contributed by atoms with van der Waals surface area (Å²) in [5, 5.41) is 8.63. The molecule has 16 heavy (non-hydrogen) atoms. The molecule has 0 radical (unpaired) electrons. The lowest BCUT2D eigenvalue weighted by atomic mass is 10.3. The molecule has 0 fully saturated rings. The van der Waals surface area contributed by atoms with Crippen LogP contribution in [0.4, 0.5) is 0 Å². The lowest BCUT2D eigenvalue weighted by Crippen LogP contribution is -1.78. The predicted octanol–water partition coefficient (Wildman–Crippen LogP) is 3.02. The molecular formula is C11H13N3OS. The van der Waals surface area contributed by atoms with Crippen LogP contribution in [0.15, 0.2) is 34.2 Å². The van der Waals surface area contributed by atoms with Crippen LogP contribution >= 0.6 is 11.8 Å². The van der Waals surface area contributed by atoms with Crippen LogP contribution in [0.5, 0.6) is 0 Å². The van der Waals surface area contributed by atoms with Gasteiger partial charge in [-0.2, -0.15) is 0 Å². The first-order valence-electron chi connectivity index (χ1n) is 5.27. The van der Waals surface area contributed by atoms with Crippen molar-refractivity contribution < 1.29 is 4.42 Å². The summed E-state index contributed by atoms with van der Waals surface area (Å²) >= 11 is 1.60. The summed E-state index contributed by atoms with van der Waals surface area (Å²) in [7, 11) is 0. The number of rotatable bonds is 5. The van der Waals surface area contributed by atoms with E-state index in [2.05, 4.69) is 22.1 Å². The van der Waals surface area contributed by atoms with E-state index >= 15 is 0 Å². The topological polar surface area (TPSA) is 51.8 Å². The van der Waals surface area contributed by atoms with Crippen LogP contribution < -0.4 is 0 Å². The smallest absolute Gasteiger partial charge is 0.276 e. The molecule has 5 heteroatoms. The van der Waals surface area contributed by atoms with Gasteiger partial charge in [-0.25, -0.2) is 0 Å². The highest BCUT2D eigenvalue weighted by atomic mass is 32.2. The maximum atomic E-state index is 5.53. The molecule has 0 aliphatic rings. The third-order valence-corrected chi connectivity index (χ3v) is 2.96. The first-order valence-corrected chi connectivity index (χ1v) is 6.25. The van der Waals surface area contributed by atoms with Crippen LogP contribution in [0.3, 0.4) is 0 Å². The highest BCUT2D eigenvalue weighted by molar-refractivity contribution is 7.99. The Kier molecular flexibility index (Phi) is 3.93. The second-order valence-corrected chi connectivity index (χ2v) is 4.36. The molecule has 0 amide bonds. The van der Waals surface area contributed by atoms with Gasteiger partial charge in [0.2, 0.25) is 5.89 Å². The first-order chi connectivity index (χ1) is 7.90. The van der Waals surface area contributed by atoms with Gasteiger partial charge in [0.1, 0.15) is 0 Å². The lowest BCUT2D eigenvalue weighted by Gasteiger charge is -1.93. The Morgan fingerprint density at radius 1 is 1.25 bits per heavy atom. The van der Waals surface area contributed by atoms with E-state index in [0.29, 0.717) is 11.1 Å². The third-order valence-electron chi connectivity index (χ3n) is 2.06. The Balaban J connectivity index is 2.02. The summed E-state index contributed by atoms with van der Waals surface area (Å²) < 4.78 is 5.53. The quantitative estimate of drug-likeness (QED) is 0.589. The third kappa shape index (κ3) is 2.82. The van der Waals surface area contributed by atoms with Gasteiger partial charge in [0.25, 0.3) is 5.22 Å². The SMILES string of the molecule is CCCCSc1nnc(-c2ccncc2)o1. The highest BCUT2D eigenvalue weighted by Gasteiger charge is 2.07. The van der Waals surface area contributed by atoms with Gasteiger partial charge in [-0.05, 0) is 18.6 Å². The molecule has 2 heterocycles. The number of nitrogens with zero attached hydrogens (tertiary/aromatic N) is 3. The van der Waals surface area contributed by atoms with Crippen molar-refractivity contribution in [2.75, 3.05) is 5.75 Å². The average molecular weight is 235 g/mol. The molecule has 4 nitrogen and oxygen atoms in total. The molecule has 2 aromatic rings. The number of pyridine rings is 1. The van der Waals surface area contributed by atoms with Crippen molar-refractivity contribution in [3.63, 3.8) is 0 Å². The van der Waals surface area contributed by atoms with Crippen LogP contribution in [0.1, 0.15) is 19.8 Å². The molecule has 0 aromatic carbocycles. The first kappa shape index (κ1) is 11.1. The van der Waals surface area contributed by atoms with Crippen molar-refractivity contribution in [2.45, 2.75) is 25.0 Å². The van der Waals surface area contributed by atoms with Gasteiger partial charge in [0, 0.05) is 23.7 Å². The predicted molar refractivity (Wildman–Crippen MR) is 63.2 cm³/mol. The summed E-state index contributed by atoms with van der Waals surface area (Å²) in [6.07, 6.45) is 5.77. The Morgan fingerprint density at radius 2 is 2.06 bits per heavy atom. The lowest BCUT2D eigenvalue weighted by molar-refractivity contribution is 0.465. The number of hydrogen-bond acceptors (Lipinski definition) is 5. The molecule has 0 aliphatic carbocycles. The van der Waals surface area contributed by atoms with Crippen LogP contribution in [-0.4, -0.2) is 20.9 Å². The van der Waals surface area contributed by atoms with E-state index in [9.17, 15) is 0 Å². The minimum absolute atomic E-state index is 0.557. The summed E-state index contributed by atoms with van der Waals surface area (Å²) in [5.41, 5.74) is 0.907. The van der Waals surface area contributed by atoms with Gasteiger partial charge in [-0.3, -0.25) is 4.98 Å². The van der Waals surface area contributed by atoms with E-state index in [1.165, 1.54) is 6.42 Å². The van der Waals surface area contributed by atoms with E-state index in [1.54, 1.807) is 24.2 Å². The van der Waals surface area contributed by atoms with Crippen LogP contribution in [0, 0.1) is 0 Å². The van der Waals surface area contributed by atoms with Crippen molar-refractivity contribution in [1.29, 1.82) is 0 Å². The van der Waals surface area contributed by atoms with E-state index < -0.39 is 0 Å². The number of hydrogen-bond donors (Lipinski definition) is 0. The zero-order chi connectivity index (χ0) is 11.2. The minimum Gasteiger partial charge on any atom is -0.411 e. The Labute approximate surface area is 98.5 Å². The second-order valence-electron chi connectivity index (χ2n) is 3.31. The summed E-state index contributed by atoms with van der Waals surface area (Å²) in [6, 6.07) is 3.71. The Morgan fingerprint density at radius 3 is 2.81 bits per heavy atom. The normalized spacial score (nSPS) is 10.6. The molecular weight excluding hydrogens is 222 g/mol.